The molecule has 19 heavy (non-hydrogen) atoms. The Hall–Kier alpha value is -2.14. The van der Waals surface area contributed by atoms with Crippen molar-refractivity contribution in [2.24, 2.45) is 0 Å². The van der Waals surface area contributed by atoms with Gasteiger partial charge < -0.3 is 11.1 Å². The number of hydrogen-bond donors (Lipinski definition) is 2. The van der Waals surface area contributed by atoms with Gasteiger partial charge in [0.1, 0.15) is 11.6 Å². The van der Waals surface area contributed by atoms with Crippen molar-refractivity contribution in [3.05, 3.63) is 24.0 Å². The molecule has 0 radical (unpaired) electrons. The highest BCUT2D eigenvalue weighted by atomic mass is 32.2. The van der Waals surface area contributed by atoms with Crippen molar-refractivity contribution >= 4 is 21.4 Å². The van der Waals surface area contributed by atoms with E-state index in [4.69, 9.17) is 11.0 Å². The minimum Gasteiger partial charge on any atom is -0.398 e. The first kappa shape index (κ1) is 14.9. The maximum atomic E-state index is 12.8. The molecule has 0 heterocycles. The predicted molar refractivity (Wildman–Crippen MR) is 66.1 cm³/mol. The van der Waals surface area contributed by atoms with E-state index < -0.39 is 27.3 Å². The predicted octanol–water partition coefficient (Wildman–Crippen LogP) is 0.211. The molecule has 0 aromatic heterocycles. The maximum Gasteiger partial charge on any atom is 0.235 e. The third kappa shape index (κ3) is 4.22. The molecule has 0 unspecified atom stereocenters. The van der Waals surface area contributed by atoms with Crippen LogP contribution in [-0.2, 0) is 14.6 Å². The molecule has 0 atom stereocenters. The van der Waals surface area contributed by atoms with E-state index in [2.05, 4.69) is 5.32 Å². The molecule has 0 fully saturated rings. The summed E-state index contributed by atoms with van der Waals surface area (Å²) in [6, 6.07) is 4.65. The lowest BCUT2D eigenvalue weighted by Crippen LogP contribution is -2.31. The standard InChI is InChI=1S/C11H12FN3O3S/c12-8-2-3-10(9(14)6-8)19(17,18)7-11(16)15-5-1-4-13/h2-3,6H,1,5,7,14H2,(H,15,16). The summed E-state index contributed by atoms with van der Waals surface area (Å²) in [7, 11) is -3.93. The molecule has 0 aliphatic rings. The molecule has 8 heteroatoms. The van der Waals surface area contributed by atoms with Crippen molar-refractivity contribution in [1.82, 2.24) is 5.32 Å². The Morgan fingerprint density at radius 3 is 2.74 bits per heavy atom. The van der Waals surface area contributed by atoms with Gasteiger partial charge in [-0.05, 0) is 18.2 Å². The van der Waals surface area contributed by atoms with Gasteiger partial charge in [0, 0.05) is 6.54 Å². The zero-order valence-electron chi connectivity index (χ0n) is 9.89. The summed E-state index contributed by atoms with van der Waals surface area (Å²) in [6.45, 7) is 0.0732. The highest BCUT2D eigenvalue weighted by Crippen LogP contribution is 2.20. The van der Waals surface area contributed by atoms with Crippen LogP contribution in [0.2, 0.25) is 0 Å². The number of carbonyl (C=O) groups excluding carboxylic acids is 1. The van der Waals surface area contributed by atoms with Crippen LogP contribution in [0.1, 0.15) is 6.42 Å². The molecule has 1 aromatic rings. The number of nitrogens with one attached hydrogen (secondary N) is 1. The maximum absolute atomic E-state index is 12.8. The molecule has 0 aliphatic carbocycles. The monoisotopic (exact) mass is 285 g/mol. The zero-order chi connectivity index (χ0) is 14.5. The molecule has 6 nitrogen and oxygen atoms in total. The van der Waals surface area contributed by atoms with Crippen molar-refractivity contribution in [2.45, 2.75) is 11.3 Å². The Balaban J connectivity index is 2.81. The quantitative estimate of drug-likeness (QED) is 0.456. The SMILES string of the molecule is N#CCCNC(=O)CS(=O)(=O)c1ccc(F)cc1N. The minimum atomic E-state index is -3.93. The summed E-state index contributed by atoms with van der Waals surface area (Å²) in [5.41, 5.74) is 5.17. The second-order valence-electron chi connectivity index (χ2n) is 3.70. The molecule has 1 aromatic carbocycles. The summed E-state index contributed by atoms with van der Waals surface area (Å²) in [5, 5.41) is 10.6. The van der Waals surface area contributed by atoms with Crippen LogP contribution < -0.4 is 11.1 Å². The Kier molecular flexibility index (Phi) is 4.83. The summed E-state index contributed by atoms with van der Waals surface area (Å²) < 4.78 is 36.6. The average Bonchev–Trinajstić information content (AvgIpc) is 2.27. The van der Waals surface area contributed by atoms with Gasteiger partial charge in [0.2, 0.25) is 5.91 Å². The molecule has 102 valence electrons. The van der Waals surface area contributed by atoms with Gasteiger partial charge in [-0.1, -0.05) is 0 Å². The van der Waals surface area contributed by atoms with E-state index in [9.17, 15) is 17.6 Å². The fraction of sp³-hybridized carbons (Fsp3) is 0.273. The van der Waals surface area contributed by atoms with Gasteiger partial charge in [-0.2, -0.15) is 5.26 Å². The number of nitrogens with zero attached hydrogens (tertiary/aromatic N) is 1. The number of nitrogens with two attached hydrogens (primary N) is 1. The van der Waals surface area contributed by atoms with Crippen LogP contribution in [0, 0.1) is 17.1 Å². The van der Waals surface area contributed by atoms with Crippen molar-refractivity contribution < 1.29 is 17.6 Å². The van der Waals surface area contributed by atoms with E-state index in [1.165, 1.54) is 0 Å². The van der Waals surface area contributed by atoms with Crippen molar-refractivity contribution in [3.8, 4) is 6.07 Å². The molecule has 0 bridgehead atoms. The number of rotatable bonds is 5. The zero-order valence-corrected chi connectivity index (χ0v) is 10.7. The third-order valence-corrected chi connectivity index (χ3v) is 3.87. The van der Waals surface area contributed by atoms with E-state index in [1.807, 2.05) is 6.07 Å². The summed E-state index contributed by atoms with van der Waals surface area (Å²) in [6.07, 6.45) is 0.0878. The topological polar surface area (TPSA) is 113 Å². The van der Waals surface area contributed by atoms with Crippen LogP contribution in [-0.4, -0.2) is 26.6 Å². The molecular weight excluding hydrogens is 273 g/mol. The van der Waals surface area contributed by atoms with Gasteiger partial charge in [0.25, 0.3) is 0 Å². The highest BCUT2D eigenvalue weighted by Gasteiger charge is 2.21. The van der Waals surface area contributed by atoms with E-state index in [1.54, 1.807) is 0 Å². The summed E-state index contributed by atoms with van der Waals surface area (Å²) >= 11 is 0. The molecule has 0 spiro atoms. The fourth-order valence-corrected chi connectivity index (χ4v) is 2.66. The van der Waals surface area contributed by atoms with Crippen molar-refractivity contribution in [2.75, 3.05) is 18.0 Å². The Labute approximate surface area is 109 Å². The first-order chi connectivity index (χ1) is 8.86. The van der Waals surface area contributed by atoms with E-state index in [-0.39, 0.29) is 23.5 Å². The number of anilines is 1. The van der Waals surface area contributed by atoms with Gasteiger partial charge in [-0.25, -0.2) is 12.8 Å². The molecule has 0 aliphatic heterocycles. The van der Waals surface area contributed by atoms with Crippen LogP contribution in [0.5, 0.6) is 0 Å². The molecule has 0 saturated carbocycles. The Morgan fingerprint density at radius 1 is 1.47 bits per heavy atom. The number of benzene rings is 1. The fourth-order valence-electron chi connectivity index (χ4n) is 1.36. The minimum absolute atomic E-state index is 0.0732. The third-order valence-electron chi connectivity index (χ3n) is 2.19. The molecule has 3 N–H and O–H groups in total. The lowest BCUT2D eigenvalue weighted by Gasteiger charge is -2.07. The first-order valence-electron chi connectivity index (χ1n) is 5.28. The van der Waals surface area contributed by atoms with Crippen molar-refractivity contribution in [3.63, 3.8) is 0 Å². The Bertz CT molecular complexity index is 623. The first-order valence-corrected chi connectivity index (χ1v) is 6.93. The van der Waals surface area contributed by atoms with Gasteiger partial charge >= 0.3 is 0 Å². The van der Waals surface area contributed by atoms with E-state index >= 15 is 0 Å². The number of hydrogen-bond acceptors (Lipinski definition) is 5. The molecule has 0 saturated heterocycles. The molecule has 1 rings (SSSR count). The van der Waals surface area contributed by atoms with Crippen LogP contribution in [0.3, 0.4) is 0 Å². The average molecular weight is 285 g/mol. The van der Waals surface area contributed by atoms with Crippen LogP contribution in [0.15, 0.2) is 23.1 Å². The smallest absolute Gasteiger partial charge is 0.235 e. The van der Waals surface area contributed by atoms with E-state index in [0.29, 0.717) is 0 Å². The number of carbonyl (C=O) groups is 1. The second-order valence-corrected chi connectivity index (χ2v) is 5.66. The number of amides is 1. The highest BCUT2D eigenvalue weighted by molar-refractivity contribution is 7.92. The lowest BCUT2D eigenvalue weighted by atomic mass is 10.3. The second kappa shape index (κ2) is 6.15. The van der Waals surface area contributed by atoms with Crippen LogP contribution >= 0.6 is 0 Å². The summed E-state index contributed by atoms with van der Waals surface area (Å²) in [5.74, 6) is -2.19. The van der Waals surface area contributed by atoms with Gasteiger partial charge in [0.15, 0.2) is 9.84 Å². The lowest BCUT2D eigenvalue weighted by molar-refractivity contribution is -0.118. The summed E-state index contributed by atoms with van der Waals surface area (Å²) in [4.78, 5) is 11.1. The van der Waals surface area contributed by atoms with Gasteiger partial charge in [-0.15, -0.1) is 0 Å². The molecule has 1 amide bonds. The largest absolute Gasteiger partial charge is 0.398 e. The normalized spacial score (nSPS) is 10.7. The number of nitriles is 1. The number of nitrogen functional groups attached to an aromatic ring is 1. The van der Waals surface area contributed by atoms with Crippen LogP contribution in [0.4, 0.5) is 10.1 Å². The number of sulfone groups is 1. The van der Waals surface area contributed by atoms with Gasteiger partial charge in [0.05, 0.1) is 23.1 Å². The number of halogens is 1. The van der Waals surface area contributed by atoms with Crippen LogP contribution in [0.25, 0.3) is 0 Å². The van der Waals surface area contributed by atoms with Crippen molar-refractivity contribution in [1.29, 1.82) is 5.26 Å². The Morgan fingerprint density at radius 2 is 2.16 bits per heavy atom. The van der Waals surface area contributed by atoms with Gasteiger partial charge in [-0.3, -0.25) is 4.79 Å². The van der Waals surface area contributed by atoms with E-state index in [0.717, 1.165) is 18.2 Å². The molecular formula is C11H12FN3O3S.